The highest BCUT2D eigenvalue weighted by atomic mass is 32.2. The molecule has 2 nitrogen and oxygen atoms in total. The van der Waals surface area contributed by atoms with Crippen LogP contribution in [-0.2, 0) is 9.67 Å². The van der Waals surface area contributed by atoms with Crippen LogP contribution < -0.4 is 0 Å². The molecule has 0 bridgehead atoms. The predicted octanol–water partition coefficient (Wildman–Crippen LogP) is 4.75. The van der Waals surface area contributed by atoms with Gasteiger partial charge >= 0.3 is 12.1 Å². The first-order chi connectivity index (χ1) is 10.4. The van der Waals surface area contributed by atoms with Crippen molar-refractivity contribution >= 4 is 17.7 Å². The van der Waals surface area contributed by atoms with Gasteiger partial charge in [-0.3, -0.25) is 0 Å². The summed E-state index contributed by atoms with van der Waals surface area (Å²) in [5.74, 6) is -0.734. The summed E-state index contributed by atoms with van der Waals surface area (Å²) in [6, 6.07) is 14.6. The number of rotatable bonds is 2. The van der Waals surface area contributed by atoms with Gasteiger partial charge in [-0.15, -0.1) is 0 Å². The van der Waals surface area contributed by atoms with Crippen LogP contribution in [0.2, 0.25) is 0 Å². The molecule has 0 saturated carbocycles. The number of halogens is 3. The maximum atomic E-state index is 13.1. The molecule has 1 aliphatic rings. The second-order valence-corrected chi connectivity index (χ2v) is 6.20. The number of fused-ring (bicyclic) bond motifs is 1. The van der Waals surface area contributed by atoms with Crippen molar-refractivity contribution in [3.05, 3.63) is 65.7 Å². The van der Waals surface area contributed by atoms with Crippen molar-refractivity contribution in [1.82, 2.24) is 0 Å². The summed E-state index contributed by atoms with van der Waals surface area (Å²) in [4.78, 5) is 10.9. The molecule has 0 aliphatic carbocycles. The maximum Gasteiger partial charge on any atom is 0.394 e. The highest BCUT2D eigenvalue weighted by Crippen LogP contribution is 2.53. The Labute approximate surface area is 129 Å². The van der Waals surface area contributed by atoms with Crippen molar-refractivity contribution in [3.63, 3.8) is 0 Å². The Balaban J connectivity index is 2.11. The molecule has 114 valence electrons. The first kappa shape index (κ1) is 15.0. The molecule has 0 saturated heterocycles. The number of hydrogen-bond acceptors (Lipinski definition) is 3. The van der Waals surface area contributed by atoms with Crippen LogP contribution in [0, 0.1) is 0 Å². The Morgan fingerprint density at radius 1 is 1.00 bits per heavy atom. The minimum Gasteiger partial charge on any atom is -0.439 e. The summed E-state index contributed by atoms with van der Waals surface area (Å²) >= 11 is 0.925. The lowest BCUT2D eigenvalue weighted by molar-refractivity contribution is -0.161. The van der Waals surface area contributed by atoms with Crippen molar-refractivity contribution in [2.75, 3.05) is 0 Å². The molecule has 0 aromatic heterocycles. The van der Waals surface area contributed by atoms with Gasteiger partial charge in [-0.05, 0) is 12.1 Å². The van der Waals surface area contributed by atoms with Crippen LogP contribution in [-0.4, -0.2) is 12.1 Å². The van der Waals surface area contributed by atoms with Gasteiger partial charge < -0.3 is 4.74 Å². The fraction of sp³-hybridized carbons (Fsp3) is 0.188. The van der Waals surface area contributed by atoms with E-state index in [4.69, 9.17) is 4.74 Å². The smallest absolute Gasteiger partial charge is 0.394 e. The van der Waals surface area contributed by atoms with E-state index < -0.39 is 23.5 Å². The highest BCUT2D eigenvalue weighted by Gasteiger charge is 2.50. The van der Waals surface area contributed by atoms with E-state index in [0.29, 0.717) is 16.0 Å². The summed E-state index contributed by atoms with van der Waals surface area (Å²) in [7, 11) is 0. The van der Waals surface area contributed by atoms with Gasteiger partial charge in [0.15, 0.2) is 4.93 Å². The molecule has 1 aliphatic heterocycles. The van der Waals surface area contributed by atoms with Gasteiger partial charge in [0.05, 0.1) is 12.0 Å². The summed E-state index contributed by atoms with van der Waals surface area (Å²) in [5, 5.41) is 0. The molecule has 1 unspecified atom stereocenters. The van der Waals surface area contributed by atoms with Crippen LogP contribution in [0.1, 0.15) is 22.3 Å². The maximum absolute atomic E-state index is 13.1. The number of esters is 1. The van der Waals surface area contributed by atoms with Crippen LogP contribution in [0.25, 0.3) is 0 Å². The average Bonchev–Trinajstić information content (AvgIpc) is 2.46. The van der Waals surface area contributed by atoms with Gasteiger partial charge in [0.25, 0.3) is 0 Å². The minimum atomic E-state index is -4.46. The zero-order valence-corrected chi connectivity index (χ0v) is 12.1. The van der Waals surface area contributed by atoms with Crippen LogP contribution in [0.3, 0.4) is 0 Å². The largest absolute Gasteiger partial charge is 0.439 e. The summed E-state index contributed by atoms with van der Waals surface area (Å²) in [6.07, 6.45) is -5.70. The second-order valence-electron chi connectivity index (χ2n) is 4.90. The van der Waals surface area contributed by atoms with Crippen molar-refractivity contribution in [3.8, 4) is 0 Å². The number of hydrogen-bond donors (Lipinski definition) is 0. The predicted molar refractivity (Wildman–Crippen MR) is 76.5 cm³/mol. The molecule has 0 amide bonds. The number of thioether (sulfide) groups is 1. The van der Waals surface area contributed by atoms with Gasteiger partial charge in [-0.25, -0.2) is 4.79 Å². The summed E-state index contributed by atoms with van der Waals surface area (Å²) in [5.41, 5.74) is 0.612. The number of alkyl halides is 3. The lowest BCUT2D eigenvalue weighted by atomic mass is 10.0. The molecular formula is C16H11F3O2S. The van der Waals surface area contributed by atoms with E-state index in [2.05, 4.69) is 0 Å². The molecule has 0 spiro atoms. The molecule has 22 heavy (non-hydrogen) atoms. The topological polar surface area (TPSA) is 26.3 Å². The first-order valence-electron chi connectivity index (χ1n) is 6.53. The van der Waals surface area contributed by atoms with Crippen molar-refractivity contribution in [1.29, 1.82) is 0 Å². The van der Waals surface area contributed by atoms with E-state index in [9.17, 15) is 18.0 Å². The quantitative estimate of drug-likeness (QED) is 0.745. The molecule has 6 heteroatoms. The third-order valence-electron chi connectivity index (χ3n) is 3.29. The summed E-state index contributed by atoms with van der Waals surface area (Å²) < 4.78 is 44.5. The molecule has 1 heterocycles. The second kappa shape index (κ2) is 5.35. The van der Waals surface area contributed by atoms with Crippen LogP contribution >= 0.6 is 11.8 Å². The Hall–Kier alpha value is -1.95. The monoisotopic (exact) mass is 324 g/mol. The number of carbonyl (C=O) groups is 1. The standard InChI is InChI=1S/C16H11F3O2S/c17-16(18,19)10-15(11-6-2-1-3-7-11)21-14(20)12-8-4-5-9-13(12)22-15/h1-9H,10H2. The minimum absolute atomic E-state index is 0.293. The SMILES string of the molecule is O=C1OC(CC(F)(F)F)(c2ccccc2)Sc2ccccc21. The molecule has 2 aromatic carbocycles. The Kier molecular flexibility index (Phi) is 3.64. The van der Waals surface area contributed by atoms with E-state index in [1.807, 2.05) is 0 Å². The van der Waals surface area contributed by atoms with Crippen LogP contribution in [0.4, 0.5) is 13.2 Å². The number of carbonyl (C=O) groups excluding carboxylic acids is 1. The van der Waals surface area contributed by atoms with Crippen LogP contribution in [0.5, 0.6) is 0 Å². The molecule has 0 N–H and O–H groups in total. The van der Waals surface area contributed by atoms with Gasteiger partial charge in [-0.2, -0.15) is 13.2 Å². The number of benzene rings is 2. The molecule has 0 radical (unpaired) electrons. The van der Waals surface area contributed by atoms with Crippen molar-refractivity contribution < 1.29 is 22.7 Å². The molecule has 1 atom stereocenters. The van der Waals surface area contributed by atoms with E-state index in [-0.39, 0.29) is 0 Å². The summed E-state index contributed by atoms with van der Waals surface area (Å²) in [6.45, 7) is 0. The number of cyclic esters (lactones) is 1. The molecule has 3 rings (SSSR count). The van der Waals surface area contributed by atoms with Crippen molar-refractivity contribution in [2.45, 2.75) is 22.4 Å². The zero-order chi connectivity index (χ0) is 15.8. The lowest BCUT2D eigenvalue weighted by Crippen LogP contribution is -2.37. The van der Waals surface area contributed by atoms with Gasteiger partial charge in [0.1, 0.15) is 0 Å². The van der Waals surface area contributed by atoms with Gasteiger partial charge in [-0.1, -0.05) is 54.2 Å². The normalized spacial score (nSPS) is 21.1. The molecule has 2 aromatic rings. The van der Waals surface area contributed by atoms with E-state index in [1.54, 1.807) is 54.6 Å². The van der Waals surface area contributed by atoms with Gasteiger partial charge in [0.2, 0.25) is 0 Å². The molecular weight excluding hydrogens is 313 g/mol. The lowest BCUT2D eigenvalue weighted by Gasteiger charge is -2.37. The van der Waals surface area contributed by atoms with E-state index in [1.165, 1.54) is 0 Å². The Morgan fingerprint density at radius 3 is 2.32 bits per heavy atom. The fourth-order valence-electron chi connectivity index (χ4n) is 2.38. The number of ether oxygens (including phenoxy) is 1. The Morgan fingerprint density at radius 2 is 1.64 bits per heavy atom. The zero-order valence-electron chi connectivity index (χ0n) is 11.3. The highest BCUT2D eigenvalue weighted by molar-refractivity contribution is 8.00. The van der Waals surface area contributed by atoms with Crippen LogP contribution in [0.15, 0.2) is 59.5 Å². The Bertz CT molecular complexity index is 700. The van der Waals surface area contributed by atoms with E-state index >= 15 is 0 Å². The third kappa shape index (κ3) is 2.83. The molecule has 0 fully saturated rings. The third-order valence-corrected chi connectivity index (χ3v) is 4.66. The van der Waals surface area contributed by atoms with Crippen molar-refractivity contribution in [2.24, 2.45) is 0 Å². The van der Waals surface area contributed by atoms with Gasteiger partial charge in [0, 0.05) is 10.5 Å². The average molecular weight is 324 g/mol. The fourth-order valence-corrected chi connectivity index (χ4v) is 3.75. The van der Waals surface area contributed by atoms with E-state index in [0.717, 1.165) is 11.8 Å². The first-order valence-corrected chi connectivity index (χ1v) is 7.35.